The summed E-state index contributed by atoms with van der Waals surface area (Å²) in [5, 5.41) is 0.675. The summed E-state index contributed by atoms with van der Waals surface area (Å²) in [6.45, 7) is 4.14. The number of hydrogen-bond donors (Lipinski definition) is 0. The van der Waals surface area contributed by atoms with Crippen molar-refractivity contribution in [2.24, 2.45) is 0 Å². The Bertz CT molecular complexity index is 710. The van der Waals surface area contributed by atoms with Crippen LogP contribution in [0.1, 0.15) is 11.1 Å². The molecular weight excluding hydrogens is 322 g/mol. The highest BCUT2D eigenvalue weighted by atomic mass is 35.5. The van der Waals surface area contributed by atoms with Gasteiger partial charge in [-0.05, 0) is 35.4 Å². The van der Waals surface area contributed by atoms with Crippen LogP contribution < -0.4 is 0 Å². The molecule has 2 heterocycles. The number of rotatable bonds is 4. The van der Waals surface area contributed by atoms with Gasteiger partial charge in [0.2, 0.25) is 5.91 Å². The Labute approximate surface area is 147 Å². The molecule has 1 aromatic carbocycles. The van der Waals surface area contributed by atoms with Gasteiger partial charge in [0.25, 0.3) is 0 Å². The molecule has 1 aromatic heterocycles. The Balaban J connectivity index is 1.50. The quantitative estimate of drug-likeness (QED) is 0.802. The molecule has 0 unspecified atom stereocenters. The molecule has 0 aliphatic carbocycles. The molecular formula is C19H20ClN3O. The first-order valence-corrected chi connectivity index (χ1v) is 8.42. The van der Waals surface area contributed by atoms with Crippen molar-refractivity contribution in [3.05, 3.63) is 71.0 Å². The molecule has 3 rings (SSSR count). The van der Waals surface area contributed by atoms with Gasteiger partial charge in [-0.1, -0.05) is 29.8 Å². The van der Waals surface area contributed by atoms with Crippen LogP contribution in [0, 0.1) is 0 Å². The predicted octanol–water partition coefficient (Wildman–Crippen LogP) is 3.09. The van der Waals surface area contributed by atoms with E-state index in [2.05, 4.69) is 16.0 Å². The SMILES string of the molecule is O=C(/C=C/c1cccc(Cl)c1)N1CCN(Cc2cccnc2)CC1. The molecule has 24 heavy (non-hydrogen) atoms. The zero-order chi connectivity index (χ0) is 16.8. The Kier molecular flexibility index (Phi) is 5.62. The lowest BCUT2D eigenvalue weighted by Crippen LogP contribution is -2.47. The molecule has 2 aromatic rings. The van der Waals surface area contributed by atoms with Crippen LogP contribution >= 0.6 is 11.6 Å². The second-order valence-corrected chi connectivity index (χ2v) is 6.29. The van der Waals surface area contributed by atoms with Gasteiger partial charge < -0.3 is 4.90 Å². The standard InChI is InChI=1S/C19H20ClN3O/c20-18-5-1-3-16(13-18)6-7-19(24)23-11-9-22(10-12-23)15-17-4-2-8-21-14-17/h1-8,13-14H,9-12,15H2/b7-6+. The van der Waals surface area contributed by atoms with E-state index in [4.69, 9.17) is 11.6 Å². The first kappa shape index (κ1) is 16.7. The first-order chi connectivity index (χ1) is 11.7. The lowest BCUT2D eigenvalue weighted by atomic mass is 10.2. The van der Waals surface area contributed by atoms with Crippen molar-refractivity contribution < 1.29 is 4.79 Å². The van der Waals surface area contributed by atoms with E-state index in [9.17, 15) is 4.79 Å². The Morgan fingerprint density at radius 2 is 2.00 bits per heavy atom. The fraction of sp³-hybridized carbons (Fsp3) is 0.263. The maximum Gasteiger partial charge on any atom is 0.246 e. The summed E-state index contributed by atoms with van der Waals surface area (Å²) >= 11 is 5.95. The maximum atomic E-state index is 12.3. The topological polar surface area (TPSA) is 36.4 Å². The van der Waals surface area contributed by atoms with E-state index in [-0.39, 0.29) is 5.91 Å². The zero-order valence-electron chi connectivity index (χ0n) is 13.4. The highest BCUT2D eigenvalue weighted by molar-refractivity contribution is 6.30. The molecule has 0 atom stereocenters. The van der Waals surface area contributed by atoms with Crippen LogP contribution in [0.5, 0.6) is 0 Å². The number of nitrogens with zero attached hydrogens (tertiary/aromatic N) is 3. The number of carbonyl (C=O) groups excluding carboxylic acids is 1. The number of carbonyl (C=O) groups is 1. The smallest absolute Gasteiger partial charge is 0.246 e. The third-order valence-corrected chi connectivity index (χ3v) is 4.32. The second-order valence-electron chi connectivity index (χ2n) is 5.85. The summed E-state index contributed by atoms with van der Waals surface area (Å²) in [7, 11) is 0. The predicted molar refractivity (Wildman–Crippen MR) is 96.6 cm³/mol. The van der Waals surface area contributed by atoms with Gasteiger partial charge >= 0.3 is 0 Å². The number of pyridine rings is 1. The lowest BCUT2D eigenvalue weighted by Gasteiger charge is -2.34. The van der Waals surface area contributed by atoms with Crippen molar-refractivity contribution in [3.8, 4) is 0 Å². The van der Waals surface area contributed by atoms with Gasteiger partial charge in [0, 0.05) is 56.2 Å². The summed E-state index contributed by atoms with van der Waals surface area (Å²) in [5.74, 6) is 0.0519. The number of hydrogen-bond acceptors (Lipinski definition) is 3. The van der Waals surface area contributed by atoms with E-state index < -0.39 is 0 Å². The Hall–Kier alpha value is -2.17. The van der Waals surface area contributed by atoms with Gasteiger partial charge in [-0.3, -0.25) is 14.7 Å². The van der Waals surface area contributed by atoms with Gasteiger partial charge in [-0.25, -0.2) is 0 Å². The van der Waals surface area contributed by atoms with Gasteiger partial charge in [-0.2, -0.15) is 0 Å². The van der Waals surface area contributed by atoms with Crippen molar-refractivity contribution in [1.82, 2.24) is 14.8 Å². The van der Waals surface area contributed by atoms with Crippen LogP contribution in [-0.4, -0.2) is 46.9 Å². The molecule has 1 fully saturated rings. The average Bonchev–Trinajstić information content (AvgIpc) is 2.61. The molecule has 0 N–H and O–H groups in total. The lowest BCUT2D eigenvalue weighted by molar-refractivity contribution is -0.127. The highest BCUT2D eigenvalue weighted by Gasteiger charge is 2.19. The normalized spacial score (nSPS) is 15.8. The third-order valence-electron chi connectivity index (χ3n) is 4.08. The molecule has 124 valence electrons. The second kappa shape index (κ2) is 8.08. The summed E-state index contributed by atoms with van der Waals surface area (Å²) in [4.78, 5) is 20.7. The van der Waals surface area contributed by atoms with E-state index in [0.717, 1.165) is 38.3 Å². The summed E-state index contributed by atoms with van der Waals surface area (Å²) in [6, 6.07) is 11.5. The van der Waals surface area contributed by atoms with Crippen LogP contribution in [0.3, 0.4) is 0 Å². The van der Waals surface area contributed by atoms with Gasteiger partial charge in [-0.15, -0.1) is 0 Å². The summed E-state index contributed by atoms with van der Waals surface area (Å²) in [5.41, 5.74) is 2.14. The fourth-order valence-electron chi connectivity index (χ4n) is 2.76. The van der Waals surface area contributed by atoms with Crippen molar-refractivity contribution in [3.63, 3.8) is 0 Å². The minimum absolute atomic E-state index is 0.0519. The monoisotopic (exact) mass is 341 g/mol. The van der Waals surface area contributed by atoms with E-state index in [1.165, 1.54) is 5.56 Å². The molecule has 0 saturated carbocycles. The van der Waals surface area contributed by atoms with Gasteiger partial charge in [0.15, 0.2) is 0 Å². The molecule has 4 nitrogen and oxygen atoms in total. The molecule has 1 aliphatic rings. The van der Waals surface area contributed by atoms with Gasteiger partial charge in [0.05, 0.1) is 0 Å². The average molecular weight is 342 g/mol. The molecule has 0 spiro atoms. The van der Waals surface area contributed by atoms with Crippen LogP contribution in [0.4, 0.5) is 0 Å². The largest absolute Gasteiger partial charge is 0.337 e. The molecule has 0 bridgehead atoms. The maximum absolute atomic E-state index is 12.3. The van der Waals surface area contributed by atoms with E-state index in [0.29, 0.717) is 5.02 Å². The molecule has 5 heteroatoms. The van der Waals surface area contributed by atoms with Gasteiger partial charge in [0.1, 0.15) is 0 Å². The minimum atomic E-state index is 0.0519. The number of halogens is 1. The summed E-state index contributed by atoms with van der Waals surface area (Å²) in [6.07, 6.45) is 7.12. The Morgan fingerprint density at radius 3 is 2.71 bits per heavy atom. The Morgan fingerprint density at radius 1 is 1.17 bits per heavy atom. The van der Waals surface area contributed by atoms with Crippen LogP contribution in [-0.2, 0) is 11.3 Å². The first-order valence-electron chi connectivity index (χ1n) is 8.04. The van der Waals surface area contributed by atoms with Crippen molar-refractivity contribution in [1.29, 1.82) is 0 Å². The fourth-order valence-corrected chi connectivity index (χ4v) is 2.96. The van der Waals surface area contributed by atoms with Crippen molar-refractivity contribution in [2.75, 3.05) is 26.2 Å². The van der Waals surface area contributed by atoms with Crippen LogP contribution in [0.25, 0.3) is 6.08 Å². The zero-order valence-corrected chi connectivity index (χ0v) is 14.2. The summed E-state index contributed by atoms with van der Waals surface area (Å²) < 4.78 is 0. The molecule has 1 amide bonds. The van der Waals surface area contributed by atoms with Crippen molar-refractivity contribution in [2.45, 2.75) is 6.54 Å². The third kappa shape index (κ3) is 4.66. The molecule has 0 radical (unpaired) electrons. The van der Waals surface area contributed by atoms with E-state index in [1.54, 1.807) is 12.3 Å². The molecule has 1 aliphatic heterocycles. The van der Waals surface area contributed by atoms with Crippen LogP contribution in [0.2, 0.25) is 5.02 Å². The van der Waals surface area contributed by atoms with E-state index >= 15 is 0 Å². The van der Waals surface area contributed by atoms with Crippen LogP contribution in [0.15, 0.2) is 54.9 Å². The highest BCUT2D eigenvalue weighted by Crippen LogP contribution is 2.13. The van der Waals surface area contributed by atoms with E-state index in [1.807, 2.05) is 47.5 Å². The number of aromatic nitrogens is 1. The number of benzene rings is 1. The number of piperazine rings is 1. The minimum Gasteiger partial charge on any atom is -0.337 e. The number of amides is 1. The van der Waals surface area contributed by atoms with Crippen molar-refractivity contribution >= 4 is 23.6 Å². The molecule has 1 saturated heterocycles.